The zero-order valence-electron chi connectivity index (χ0n) is 13.4. The van der Waals surface area contributed by atoms with E-state index in [2.05, 4.69) is 0 Å². The molecule has 2 aliphatic rings. The van der Waals surface area contributed by atoms with Gasteiger partial charge < -0.3 is 10.0 Å². The number of rotatable bonds is 3. The van der Waals surface area contributed by atoms with Crippen LogP contribution in [0, 0.1) is 5.92 Å². The van der Waals surface area contributed by atoms with Gasteiger partial charge >= 0.3 is 5.97 Å². The van der Waals surface area contributed by atoms with Crippen LogP contribution in [0.25, 0.3) is 0 Å². The molecule has 3 rings (SSSR count). The molecule has 0 saturated heterocycles. The molecular formula is C18H21F2NO3. The summed E-state index contributed by atoms with van der Waals surface area (Å²) in [6, 6.07) is 7.26. The van der Waals surface area contributed by atoms with Crippen LogP contribution in [0.4, 0.5) is 8.78 Å². The van der Waals surface area contributed by atoms with E-state index in [1.54, 1.807) is 4.90 Å². The number of carbonyl (C=O) groups is 2. The van der Waals surface area contributed by atoms with E-state index in [-0.39, 0.29) is 38.0 Å². The molecule has 0 aromatic heterocycles. The Morgan fingerprint density at radius 2 is 1.79 bits per heavy atom. The number of fused-ring (bicyclic) bond motifs is 1. The number of aliphatic carboxylic acids is 1. The van der Waals surface area contributed by atoms with Crippen LogP contribution < -0.4 is 0 Å². The average Bonchev–Trinajstić information content (AvgIpc) is 2.53. The predicted octanol–water partition coefficient (Wildman–Crippen LogP) is 3.24. The van der Waals surface area contributed by atoms with Crippen LogP contribution in [0.3, 0.4) is 0 Å². The van der Waals surface area contributed by atoms with Crippen molar-refractivity contribution in [1.29, 1.82) is 0 Å². The van der Waals surface area contributed by atoms with Crippen LogP contribution in [0.1, 0.15) is 43.2 Å². The number of amides is 1. The zero-order valence-corrected chi connectivity index (χ0v) is 13.4. The topological polar surface area (TPSA) is 57.6 Å². The molecular weight excluding hydrogens is 316 g/mol. The summed E-state index contributed by atoms with van der Waals surface area (Å²) in [5.74, 6) is -4.23. The van der Waals surface area contributed by atoms with Gasteiger partial charge in [-0.15, -0.1) is 0 Å². The maximum atomic E-state index is 13.3. The lowest BCUT2D eigenvalue weighted by molar-refractivity contribution is -0.146. The monoisotopic (exact) mass is 337 g/mol. The third kappa shape index (κ3) is 3.57. The predicted molar refractivity (Wildman–Crippen MR) is 83.6 cm³/mol. The zero-order chi connectivity index (χ0) is 17.3. The quantitative estimate of drug-likeness (QED) is 0.921. The molecule has 1 saturated carbocycles. The summed E-state index contributed by atoms with van der Waals surface area (Å²) in [5, 5.41) is 9.16. The van der Waals surface area contributed by atoms with E-state index in [1.807, 2.05) is 24.3 Å². The van der Waals surface area contributed by atoms with Crippen LogP contribution in [0.5, 0.6) is 0 Å². The molecule has 1 N–H and O–H groups in total. The molecule has 0 spiro atoms. The van der Waals surface area contributed by atoms with E-state index in [4.69, 9.17) is 5.11 Å². The van der Waals surface area contributed by atoms with Crippen molar-refractivity contribution < 1.29 is 23.5 Å². The van der Waals surface area contributed by atoms with E-state index in [0.29, 0.717) is 13.0 Å². The minimum atomic E-state index is -2.67. The summed E-state index contributed by atoms with van der Waals surface area (Å²) in [6.45, 7) is 0.361. The fourth-order valence-corrected chi connectivity index (χ4v) is 3.75. The van der Waals surface area contributed by atoms with Gasteiger partial charge in [0.15, 0.2) is 0 Å². The highest BCUT2D eigenvalue weighted by atomic mass is 19.3. The number of alkyl halides is 2. The Hall–Kier alpha value is -1.98. The Morgan fingerprint density at radius 1 is 1.17 bits per heavy atom. The number of carboxylic acids is 1. The summed E-state index contributed by atoms with van der Waals surface area (Å²) in [5.41, 5.74) is 2.07. The maximum absolute atomic E-state index is 13.3. The first-order valence-electron chi connectivity index (χ1n) is 8.32. The van der Waals surface area contributed by atoms with Crippen LogP contribution in [-0.2, 0) is 22.6 Å². The molecule has 0 unspecified atom stereocenters. The molecule has 1 aromatic carbocycles. The second-order valence-corrected chi connectivity index (χ2v) is 6.82. The molecule has 1 aromatic rings. The molecule has 130 valence electrons. The fourth-order valence-electron chi connectivity index (χ4n) is 3.75. The lowest BCUT2D eigenvalue weighted by Crippen LogP contribution is -2.48. The second kappa shape index (κ2) is 6.49. The minimum absolute atomic E-state index is 0.122. The van der Waals surface area contributed by atoms with Crippen LogP contribution in [0.2, 0.25) is 0 Å². The fraction of sp³-hybridized carbons (Fsp3) is 0.556. The molecule has 1 aliphatic carbocycles. The van der Waals surface area contributed by atoms with Gasteiger partial charge in [0.25, 0.3) is 0 Å². The molecule has 1 aliphatic heterocycles. The summed E-state index contributed by atoms with van der Waals surface area (Å²) in [7, 11) is 0. The Balaban J connectivity index is 1.78. The SMILES string of the molecule is O=C(O)C[C@@H]1Cc2ccccc2CN1C(=O)C1CCC(F)(F)CC1. The molecule has 4 nitrogen and oxygen atoms in total. The number of benzene rings is 1. The molecule has 0 bridgehead atoms. The standard InChI is InChI=1S/C18H21F2NO3/c19-18(20)7-5-12(6-8-18)17(24)21-11-14-4-2-1-3-13(14)9-15(21)10-16(22)23/h1-4,12,15H,5-11H2,(H,22,23)/t15-/m0/s1. The lowest BCUT2D eigenvalue weighted by atomic mass is 9.84. The van der Waals surface area contributed by atoms with Crippen molar-refractivity contribution in [3.63, 3.8) is 0 Å². The number of carbonyl (C=O) groups excluding carboxylic acids is 1. The molecule has 0 radical (unpaired) electrons. The smallest absolute Gasteiger partial charge is 0.305 e. The first kappa shape index (κ1) is 16.9. The van der Waals surface area contributed by atoms with Gasteiger partial charge in [-0.25, -0.2) is 8.78 Å². The molecule has 1 atom stereocenters. The second-order valence-electron chi connectivity index (χ2n) is 6.82. The number of carboxylic acid groups (broad SMARTS) is 1. The van der Waals surface area contributed by atoms with Crippen LogP contribution in [-0.4, -0.2) is 33.8 Å². The molecule has 24 heavy (non-hydrogen) atoms. The van der Waals surface area contributed by atoms with Gasteiger partial charge in [-0.05, 0) is 30.4 Å². The first-order chi connectivity index (χ1) is 11.4. The van der Waals surface area contributed by atoms with Crippen molar-refractivity contribution in [1.82, 2.24) is 4.90 Å². The van der Waals surface area contributed by atoms with E-state index >= 15 is 0 Å². The van der Waals surface area contributed by atoms with Crippen molar-refractivity contribution in [3.05, 3.63) is 35.4 Å². The number of hydrogen-bond acceptors (Lipinski definition) is 2. The van der Waals surface area contributed by atoms with Gasteiger partial charge in [-0.1, -0.05) is 24.3 Å². The van der Waals surface area contributed by atoms with Crippen LogP contribution in [0.15, 0.2) is 24.3 Å². The van der Waals surface area contributed by atoms with Crippen molar-refractivity contribution in [2.75, 3.05) is 0 Å². The van der Waals surface area contributed by atoms with E-state index in [9.17, 15) is 18.4 Å². The van der Waals surface area contributed by atoms with E-state index in [1.165, 1.54) is 0 Å². The molecule has 6 heteroatoms. The molecule has 1 heterocycles. The average molecular weight is 337 g/mol. The van der Waals surface area contributed by atoms with Crippen molar-refractivity contribution in [2.24, 2.45) is 5.92 Å². The highest BCUT2D eigenvalue weighted by Crippen LogP contribution is 2.38. The van der Waals surface area contributed by atoms with Crippen LogP contribution >= 0.6 is 0 Å². The summed E-state index contributed by atoms with van der Waals surface area (Å²) in [6.07, 6.45) is 0.183. The summed E-state index contributed by atoms with van der Waals surface area (Å²) in [4.78, 5) is 25.6. The summed E-state index contributed by atoms with van der Waals surface area (Å²) >= 11 is 0. The lowest BCUT2D eigenvalue weighted by Gasteiger charge is -2.39. The van der Waals surface area contributed by atoms with Crippen molar-refractivity contribution in [2.45, 2.75) is 57.0 Å². The Labute approximate surface area is 139 Å². The third-order valence-corrected chi connectivity index (χ3v) is 5.12. The van der Waals surface area contributed by atoms with Gasteiger partial charge in [0.1, 0.15) is 0 Å². The minimum Gasteiger partial charge on any atom is -0.481 e. The maximum Gasteiger partial charge on any atom is 0.305 e. The van der Waals surface area contributed by atoms with E-state index in [0.717, 1.165) is 11.1 Å². The Kier molecular flexibility index (Phi) is 4.56. The normalized spacial score (nSPS) is 23.6. The molecule has 1 amide bonds. The Bertz CT molecular complexity index is 637. The van der Waals surface area contributed by atoms with Gasteiger partial charge in [0, 0.05) is 31.3 Å². The molecule has 1 fully saturated rings. The van der Waals surface area contributed by atoms with Gasteiger partial charge in [0.05, 0.1) is 6.42 Å². The van der Waals surface area contributed by atoms with Crippen molar-refractivity contribution >= 4 is 11.9 Å². The van der Waals surface area contributed by atoms with Gasteiger partial charge in [-0.3, -0.25) is 9.59 Å². The highest BCUT2D eigenvalue weighted by molar-refractivity contribution is 5.80. The van der Waals surface area contributed by atoms with E-state index < -0.39 is 23.9 Å². The number of halogens is 2. The van der Waals surface area contributed by atoms with Crippen molar-refractivity contribution in [3.8, 4) is 0 Å². The van der Waals surface area contributed by atoms with Gasteiger partial charge in [-0.2, -0.15) is 0 Å². The summed E-state index contributed by atoms with van der Waals surface area (Å²) < 4.78 is 26.7. The number of hydrogen-bond donors (Lipinski definition) is 1. The first-order valence-corrected chi connectivity index (χ1v) is 8.32. The van der Waals surface area contributed by atoms with Gasteiger partial charge in [0.2, 0.25) is 11.8 Å². The number of nitrogens with zero attached hydrogens (tertiary/aromatic N) is 1. The highest BCUT2D eigenvalue weighted by Gasteiger charge is 2.41. The largest absolute Gasteiger partial charge is 0.481 e. The Morgan fingerprint density at radius 3 is 2.42 bits per heavy atom. The third-order valence-electron chi connectivity index (χ3n) is 5.12.